The Morgan fingerprint density at radius 1 is 1.10 bits per heavy atom. The van der Waals surface area contributed by atoms with Gasteiger partial charge in [-0.1, -0.05) is 13.8 Å². The first-order valence-electron chi connectivity index (χ1n) is 11.7. The van der Waals surface area contributed by atoms with Gasteiger partial charge in [0.25, 0.3) is 0 Å². The van der Waals surface area contributed by atoms with E-state index in [2.05, 4.69) is 13.8 Å². The molecule has 6 aliphatic rings. The second kappa shape index (κ2) is 5.67. The van der Waals surface area contributed by atoms with Gasteiger partial charge in [-0.25, -0.2) is 0 Å². The average molecular weight is 417 g/mol. The molecule has 2 heterocycles. The second-order valence-electron chi connectivity index (χ2n) is 11.4. The summed E-state index contributed by atoms with van der Waals surface area (Å²) in [6.07, 6.45) is 6.79. The van der Waals surface area contributed by atoms with Crippen molar-refractivity contribution < 1.29 is 28.6 Å². The van der Waals surface area contributed by atoms with Crippen LogP contribution in [-0.2, 0) is 28.6 Å². The summed E-state index contributed by atoms with van der Waals surface area (Å²) in [5.41, 5.74) is -1.000. The van der Waals surface area contributed by atoms with Crippen LogP contribution in [0.25, 0.3) is 0 Å². The van der Waals surface area contributed by atoms with Gasteiger partial charge in [0.05, 0.1) is 19.1 Å². The van der Waals surface area contributed by atoms with Gasteiger partial charge in [-0.2, -0.15) is 0 Å². The van der Waals surface area contributed by atoms with Crippen LogP contribution < -0.4 is 0 Å². The minimum Gasteiger partial charge on any atom is -0.469 e. The van der Waals surface area contributed by atoms with Crippen LogP contribution in [0.15, 0.2) is 0 Å². The summed E-state index contributed by atoms with van der Waals surface area (Å²) in [7, 11) is 1.47. The van der Waals surface area contributed by atoms with E-state index in [1.54, 1.807) is 0 Å². The topological polar surface area (TPSA) is 82.2 Å². The van der Waals surface area contributed by atoms with Crippen molar-refractivity contribution in [2.75, 3.05) is 7.11 Å². The summed E-state index contributed by atoms with van der Waals surface area (Å²) in [4.78, 5) is 37.5. The lowest BCUT2D eigenvalue weighted by Crippen LogP contribution is -2.65. The molecule has 9 atom stereocenters. The third-order valence-electron chi connectivity index (χ3n) is 10.7. The minimum absolute atomic E-state index is 0.0711. The summed E-state index contributed by atoms with van der Waals surface area (Å²) in [5, 5.41) is 0. The van der Waals surface area contributed by atoms with Crippen molar-refractivity contribution >= 4 is 17.7 Å². The van der Waals surface area contributed by atoms with Gasteiger partial charge in [-0.05, 0) is 50.4 Å². The van der Waals surface area contributed by atoms with Crippen molar-refractivity contribution in [2.24, 2.45) is 34.5 Å². The lowest BCUT2D eigenvalue weighted by molar-refractivity contribution is -0.184. The smallest absolute Gasteiger partial charge is 0.309 e. The van der Waals surface area contributed by atoms with E-state index in [1.165, 1.54) is 7.11 Å². The molecule has 6 heteroatoms. The summed E-state index contributed by atoms with van der Waals surface area (Å²) >= 11 is 0. The van der Waals surface area contributed by atoms with Crippen LogP contribution >= 0.6 is 0 Å². The number of methoxy groups -OCH3 is 1. The van der Waals surface area contributed by atoms with Crippen LogP contribution in [0, 0.1) is 34.5 Å². The lowest BCUT2D eigenvalue weighted by atomic mass is 9.42. The van der Waals surface area contributed by atoms with Crippen LogP contribution in [0.5, 0.6) is 0 Å². The Balaban J connectivity index is 1.46. The van der Waals surface area contributed by atoms with Gasteiger partial charge in [0.1, 0.15) is 17.0 Å². The lowest BCUT2D eigenvalue weighted by Gasteiger charge is -2.60. The highest BCUT2D eigenvalue weighted by Crippen LogP contribution is 2.78. The highest BCUT2D eigenvalue weighted by molar-refractivity contribution is 5.80. The first-order valence-corrected chi connectivity index (χ1v) is 11.7. The molecule has 6 rings (SSSR count). The molecule has 0 aromatic rings. The molecular weight excluding hydrogens is 384 g/mol. The van der Waals surface area contributed by atoms with Gasteiger partial charge in [0, 0.05) is 36.0 Å². The zero-order chi connectivity index (χ0) is 21.1. The maximum atomic E-state index is 13.1. The molecule has 0 aromatic heterocycles. The van der Waals surface area contributed by atoms with Gasteiger partial charge in [-0.15, -0.1) is 0 Å². The monoisotopic (exact) mass is 416 g/mol. The largest absolute Gasteiger partial charge is 0.469 e. The zero-order valence-electron chi connectivity index (χ0n) is 18.2. The number of hydrogen-bond acceptors (Lipinski definition) is 6. The molecule has 0 radical (unpaired) electrons. The number of esters is 2. The predicted molar refractivity (Wildman–Crippen MR) is 105 cm³/mol. The second-order valence-corrected chi connectivity index (χ2v) is 11.4. The third kappa shape index (κ3) is 1.98. The normalized spacial score (nSPS) is 55.9. The molecule has 0 N–H and O–H groups in total. The Morgan fingerprint density at radius 2 is 1.90 bits per heavy atom. The minimum atomic E-state index is -0.409. The molecule has 0 amide bonds. The number of fused-ring (bicyclic) bond motifs is 4. The highest BCUT2D eigenvalue weighted by atomic mass is 16.6. The van der Waals surface area contributed by atoms with Crippen molar-refractivity contribution in [2.45, 2.75) is 88.9 Å². The van der Waals surface area contributed by atoms with E-state index >= 15 is 0 Å². The van der Waals surface area contributed by atoms with E-state index < -0.39 is 5.60 Å². The van der Waals surface area contributed by atoms with Gasteiger partial charge < -0.3 is 14.2 Å². The van der Waals surface area contributed by atoms with E-state index in [0.717, 1.165) is 32.1 Å². The quantitative estimate of drug-likeness (QED) is 0.482. The summed E-state index contributed by atoms with van der Waals surface area (Å²) in [6.45, 7) is 4.59. The molecule has 2 aliphatic heterocycles. The van der Waals surface area contributed by atoms with Crippen LogP contribution in [0.3, 0.4) is 0 Å². The van der Waals surface area contributed by atoms with E-state index in [0.29, 0.717) is 31.5 Å². The Kier molecular flexibility index (Phi) is 3.64. The maximum Gasteiger partial charge on any atom is 0.309 e. The number of epoxide rings is 1. The molecule has 2 spiro atoms. The Morgan fingerprint density at radius 3 is 2.60 bits per heavy atom. The average Bonchev–Trinajstić information content (AvgIpc) is 3.20. The first-order chi connectivity index (χ1) is 14.2. The van der Waals surface area contributed by atoms with E-state index in [4.69, 9.17) is 14.2 Å². The maximum absolute atomic E-state index is 13.1. The summed E-state index contributed by atoms with van der Waals surface area (Å²) in [6, 6.07) is 0. The Hall–Kier alpha value is -1.43. The van der Waals surface area contributed by atoms with Gasteiger partial charge >= 0.3 is 11.9 Å². The van der Waals surface area contributed by atoms with E-state index in [1.807, 2.05) is 0 Å². The molecule has 4 saturated carbocycles. The van der Waals surface area contributed by atoms with Crippen LogP contribution in [-0.4, -0.2) is 42.1 Å². The third-order valence-corrected chi connectivity index (χ3v) is 10.7. The predicted octanol–water partition coefficient (Wildman–Crippen LogP) is 3.20. The van der Waals surface area contributed by atoms with Crippen molar-refractivity contribution in [3.63, 3.8) is 0 Å². The molecule has 5 unspecified atom stereocenters. The highest BCUT2D eigenvalue weighted by Gasteiger charge is 2.84. The number of carbonyl (C=O) groups is 3. The number of Topliss-reactive ketones (excluding diaryl/α,β-unsaturated/α-hetero) is 1. The number of rotatable bonds is 1. The van der Waals surface area contributed by atoms with Crippen molar-refractivity contribution in [1.82, 2.24) is 0 Å². The molecule has 2 saturated heterocycles. The summed E-state index contributed by atoms with van der Waals surface area (Å²) in [5.74, 6) is 0.322. The molecular formula is C24H32O6. The molecule has 30 heavy (non-hydrogen) atoms. The fourth-order valence-electron chi connectivity index (χ4n) is 9.19. The fraction of sp³-hybridized carbons (Fsp3) is 0.875. The standard InChI is InChI=1S/C24H32O6/c1-21-7-4-14(25)10-13(21)11-15(20(27)28-3)19-16-5-8-23(9-6-18(26)30-23)22(16,2)12-17-24(19,21)29-17/h13,15-17,19H,4-12H2,1-3H3/t13?,15-,16?,17+,19?,21?,22?,23-,24-/m1/s1. The molecule has 0 bridgehead atoms. The number of carbonyl (C=O) groups excluding carboxylic acids is 3. The first kappa shape index (κ1) is 19.3. The Bertz CT molecular complexity index is 853. The van der Waals surface area contributed by atoms with Gasteiger partial charge in [-0.3, -0.25) is 14.4 Å². The van der Waals surface area contributed by atoms with Crippen molar-refractivity contribution in [3.05, 3.63) is 0 Å². The molecule has 0 aromatic carbocycles. The van der Waals surface area contributed by atoms with Crippen molar-refractivity contribution in [1.29, 1.82) is 0 Å². The Labute approximate surface area is 177 Å². The van der Waals surface area contributed by atoms with E-state index in [9.17, 15) is 14.4 Å². The van der Waals surface area contributed by atoms with Crippen LogP contribution in [0.4, 0.5) is 0 Å². The van der Waals surface area contributed by atoms with E-state index in [-0.39, 0.29) is 58.1 Å². The molecule has 164 valence electrons. The summed E-state index contributed by atoms with van der Waals surface area (Å²) < 4.78 is 18.0. The molecule has 4 aliphatic carbocycles. The number of ketones is 1. The van der Waals surface area contributed by atoms with Crippen molar-refractivity contribution in [3.8, 4) is 0 Å². The molecule has 6 nitrogen and oxygen atoms in total. The fourth-order valence-corrected chi connectivity index (χ4v) is 9.19. The molecule has 6 fully saturated rings. The van der Waals surface area contributed by atoms with Gasteiger partial charge in [0.2, 0.25) is 0 Å². The SMILES string of the molecule is COC(=O)[C@@H]1CC2CC(=O)CCC2(C)[C@@]23O[C@H]2CC2(C)C(CC[C@@]24CCC(=O)O4)C13. The van der Waals surface area contributed by atoms with Crippen LogP contribution in [0.2, 0.25) is 0 Å². The zero-order valence-corrected chi connectivity index (χ0v) is 18.2. The van der Waals surface area contributed by atoms with Crippen LogP contribution in [0.1, 0.15) is 71.6 Å². The number of ether oxygens (including phenoxy) is 3. The van der Waals surface area contributed by atoms with Gasteiger partial charge in [0.15, 0.2) is 0 Å². The number of hydrogen-bond donors (Lipinski definition) is 0.